The molecule has 0 amide bonds. The normalized spacial score (nSPS) is 13.6. The van der Waals surface area contributed by atoms with Gasteiger partial charge in [0.25, 0.3) is 0 Å². The number of ether oxygens (including phenoxy) is 1. The van der Waals surface area contributed by atoms with Gasteiger partial charge in [0.2, 0.25) is 0 Å². The number of unbranched alkanes of at least 4 members (excludes halogenated alkanes) is 4. The van der Waals surface area contributed by atoms with E-state index in [1.54, 1.807) is 0 Å². The van der Waals surface area contributed by atoms with E-state index in [9.17, 15) is 9.59 Å². The Hall–Kier alpha value is -3.14. The Morgan fingerprint density at radius 2 is 1.00 bits per heavy atom. The maximum absolute atomic E-state index is 12.4. The fourth-order valence-corrected chi connectivity index (χ4v) is 3.96. The Bertz CT molecular complexity index is 883. The Kier molecular flexibility index (Phi) is 30.0. The van der Waals surface area contributed by atoms with Gasteiger partial charge >= 0.3 is 11.9 Å². The molecule has 0 aromatic heterocycles. The van der Waals surface area contributed by atoms with E-state index in [2.05, 4.69) is 98.9 Å². The minimum atomic E-state index is -0.787. The molecule has 4 nitrogen and oxygen atoms in total. The number of carbonyl (C=O) groups excluding carboxylic acids is 1. The number of esters is 1. The summed E-state index contributed by atoms with van der Waals surface area (Å²) in [6.45, 7) is 4.28. The van der Waals surface area contributed by atoms with Gasteiger partial charge in [0.05, 0.1) is 0 Å². The highest BCUT2D eigenvalue weighted by Crippen LogP contribution is 2.12. The van der Waals surface area contributed by atoms with Crippen molar-refractivity contribution >= 4 is 11.9 Å². The average Bonchev–Trinajstić information content (AvgIpc) is 2.97. The summed E-state index contributed by atoms with van der Waals surface area (Å²) in [5.74, 6) is -0.957. The smallest absolute Gasteiger partial charge is 0.306 e. The van der Waals surface area contributed by atoms with Crippen LogP contribution in [0.1, 0.15) is 123 Å². The number of hydrogen-bond acceptors (Lipinski definition) is 3. The van der Waals surface area contributed by atoms with Gasteiger partial charge in [-0.15, -0.1) is 0 Å². The van der Waals surface area contributed by atoms with Crippen molar-refractivity contribution in [3.8, 4) is 0 Å². The average molecular weight is 579 g/mol. The third kappa shape index (κ3) is 31.4. The number of aliphatic carboxylic acids is 1. The largest absolute Gasteiger partial charge is 0.481 e. The second kappa shape index (κ2) is 32.4. The molecule has 0 radical (unpaired) electrons. The van der Waals surface area contributed by atoms with Crippen LogP contribution >= 0.6 is 0 Å². The van der Waals surface area contributed by atoms with Crippen molar-refractivity contribution in [1.29, 1.82) is 0 Å². The number of carboxylic acids is 1. The standard InChI is InChI=1S/C38H58O4/c1-3-5-7-9-11-13-15-17-19-20-22-24-26-28-32-36(33-30-31-34-37(39)40)42-38(41)35-29-27-25-23-21-18-16-14-12-10-8-6-4-2/h5-8,11-14,17-19,21-22,24,28,32,36H,3-4,9-10,15-16,20,23,25-27,29-31,33-35H2,1-2H3,(H,39,40)/b7-5-,8-6-,13-11-,14-12-,19-17-,21-18-,24-22-,32-28-. The van der Waals surface area contributed by atoms with Crippen LogP contribution in [0.25, 0.3) is 0 Å². The second-order valence-electron chi connectivity index (χ2n) is 10.2. The van der Waals surface area contributed by atoms with Crippen molar-refractivity contribution in [2.24, 2.45) is 0 Å². The van der Waals surface area contributed by atoms with E-state index in [0.29, 0.717) is 19.3 Å². The molecule has 0 aliphatic rings. The van der Waals surface area contributed by atoms with Gasteiger partial charge in [0.15, 0.2) is 0 Å². The highest BCUT2D eigenvalue weighted by Gasteiger charge is 2.11. The molecular weight excluding hydrogens is 520 g/mol. The molecule has 0 aliphatic carbocycles. The number of carbonyl (C=O) groups is 2. The molecule has 0 saturated carbocycles. The fourth-order valence-electron chi connectivity index (χ4n) is 3.96. The summed E-state index contributed by atoms with van der Waals surface area (Å²) in [6.07, 6.45) is 48.5. The van der Waals surface area contributed by atoms with Crippen LogP contribution in [0.15, 0.2) is 97.2 Å². The van der Waals surface area contributed by atoms with Crippen LogP contribution in [0.3, 0.4) is 0 Å². The lowest BCUT2D eigenvalue weighted by Gasteiger charge is -2.14. The summed E-state index contributed by atoms with van der Waals surface area (Å²) in [4.78, 5) is 23.3. The van der Waals surface area contributed by atoms with Crippen molar-refractivity contribution < 1.29 is 19.4 Å². The second-order valence-corrected chi connectivity index (χ2v) is 10.2. The van der Waals surface area contributed by atoms with Crippen LogP contribution in [0.5, 0.6) is 0 Å². The summed E-state index contributed by atoms with van der Waals surface area (Å²) >= 11 is 0. The highest BCUT2D eigenvalue weighted by molar-refractivity contribution is 5.69. The third-order valence-corrected chi connectivity index (χ3v) is 6.29. The summed E-state index contributed by atoms with van der Waals surface area (Å²) in [6, 6.07) is 0. The van der Waals surface area contributed by atoms with E-state index in [0.717, 1.165) is 83.5 Å². The summed E-state index contributed by atoms with van der Waals surface area (Å²) in [5, 5.41) is 8.89. The SMILES string of the molecule is CC/C=C\C/C=C\C/C=C\C/C=C\C/C=C\C(CCCCC(=O)O)OC(=O)CCCCC/C=C\C/C=C\C/C=C\CC. The number of allylic oxidation sites excluding steroid dienone is 15. The van der Waals surface area contributed by atoms with E-state index in [1.165, 1.54) is 0 Å². The molecule has 234 valence electrons. The van der Waals surface area contributed by atoms with Crippen molar-refractivity contribution in [3.63, 3.8) is 0 Å². The van der Waals surface area contributed by atoms with E-state index in [-0.39, 0.29) is 18.5 Å². The molecule has 0 bridgehead atoms. The first-order chi connectivity index (χ1) is 20.6. The molecular formula is C38H58O4. The molecule has 1 unspecified atom stereocenters. The quantitative estimate of drug-likeness (QED) is 0.0598. The lowest BCUT2D eigenvalue weighted by atomic mass is 10.1. The molecule has 0 saturated heterocycles. The van der Waals surface area contributed by atoms with Crippen LogP contribution < -0.4 is 0 Å². The Balaban J connectivity index is 4.28. The lowest BCUT2D eigenvalue weighted by Crippen LogP contribution is -2.16. The Morgan fingerprint density at radius 3 is 1.50 bits per heavy atom. The molecule has 0 aliphatic heterocycles. The highest BCUT2D eigenvalue weighted by atomic mass is 16.5. The van der Waals surface area contributed by atoms with E-state index >= 15 is 0 Å². The molecule has 0 aromatic rings. The molecule has 42 heavy (non-hydrogen) atoms. The van der Waals surface area contributed by atoms with Gasteiger partial charge < -0.3 is 9.84 Å². The first kappa shape index (κ1) is 38.9. The van der Waals surface area contributed by atoms with Crippen LogP contribution in [0, 0.1) is 0 Å². The predicted octanol–water partition coefficient (Wildman–Crippen LogP) is 11.1. The van der Waals surface area contributed by atoms with Crippen LogP contribution in [0.2, 0.25) is 0 Å². The number of hydrogen-bond donors (Lipinski definition) is 1. The van der Waals surface area contributed by atoms with Gasteiger partial charge in [-0.25, -0.2) is 0 Å². The molecule has 4 heteroatoms. The maximum Gasteiger partial charge on any atom is 0.306 e. The van der Waals surface area contributed by atoms with E-state index < -0.39 is 5.97 Å². The number of rotatable bonds is 27. The molecule has 0 fully saturated rings. The van der Waals surface area contributed by atoms with Gasteiger partial charge in [-0.3, -0.25) is 9.59 Å². The molecule has 0 spiro atoms. The lowest BCUT2D eigenvalue weighted by molar-refractivity contribution is -0.147. The van der Waals surface area contributed by atoms with E-state index in [1.807, 2.05) is 12.2 Å². The van der Waals surface area contributed by atoms with Gasteiger partial charge in [0, 0.05) is 12.8 Å². The van der Waals surface area contributed by atoms with Crippen molar-refractivity contribution in [2.75, 3.05) is 0 Å². The molecule has 1 N–H and O–H groups in total. The van der Waals surface area contributed by atoms with Gasteiger partial charge in [0.1, 0.15) is 6.10 Å². The van der Waals surface area contributed by atoms with Gasteiger partial charge in [-0.1, -0.05) is 111 Å². The van der Waals surface area contributed by atoms with E-state index in [4.69, 9.17) is 9.84 Å². The zero-order chi connectivity index (χ0) is 30.8. The van der Waals surface area contributed by atoms with Crippen molar-refractivity contribution in [1.82, 2.24) is 0 Å². The topological polar surface area (TPSA) is 63.6 Å². The van der Waals surface area contributed by atoms with Gasteiger partial charge in [-0.2, -0.15) is 0 Å². The van der Waals surface area contributed by atoms with Crippen molar-refractivity contribution in [3.05, 3.63) is 97.2 Å². The van der Waals surface area contributed by atoms with Crippen LogP contribution in [0.4, 0.5) is 0 Å². The zero-order valence-electron chi connectivity index (χ0n) is 26.5. The predicted molar refractivity (Wildman–Crippen MR) is 180 cm³/mol. The first-order valence-electron chi connectivity index (χ1n) is 16.2. The summed E-state index contributed by atoms with van der Waals surface area (Å²) < 4.78 is 5.73. The Morgan fingerprint density at radius 1 is 0.548 bits per heavy atom. The van der Waals surface area contributed by atoms with Gasteiger partial charge in [-0.05, 0) is 96.0 Å². The summed E-state index contributed by atoms with van der Waals surface area (Å²) in [5.41, 5.74) is 0. The Labute approximate surface area is 257 Å². The summed E-state index contributed by atoms with van der Waals surface area (Å²) in [7, 11) is 0. The molecule has 0 rings (SSSR count). The maximum atomic E-state index is 12.4. The molecule has 0 aromatic carbocycles. The molecule has 0 heterocycles. The van der Waals surface area contributed by atoms with Crippen LogP contribution in [-0.4, -0.2) is 23.1 Å². The van der Waals surface area contributed by atoms with Crippen molar-refractivity contribution in [2.45, 2.75) is 129 Å². The third-order valence-electron chi connectivity index (χ3n) is 6.29. The molecule has 1 atom stereocenters. The monoisotopic (exact) mass is 578 g/mol. The van der Waals surface area contributed by atoms with Crippen LogP contribution in [-0.2, 0) is 14.3 Å². The number of carboxylic acid groups (broad SMARTS) is 1. The first-order valence-corrected chi connectivity index (χ1v) is 16.2. The minimum Gasteiger partial charge on any atom is -0.481 e. The minimum absolute atomic E-state index is 0.146. The zero-order valence-corrected chi connectivity index (χ0v) is 26.5. The fraction of sp³-hybridized carbons (Fsp3) is 0.526.